The van der Waals surface area contributed by atoms with Gasteiger partial charge in [-0.25, -0.2) is 0 Å². The Bertz CT molecular complexity index is 1370. The SMILES string of the molecule is CCn1c2ccccc2c2cc(NC(=O)CC(C)CCOc3cc(C)c(C#N)c(C)c3)ccc21. The molecule has 5 heteroatoms. The number of ether oxygens (including phenoxy) is 1. The summed E-state index contributed by atoms with van der Waals surface area (Å²) >= 11 is 0. The maximum atomic E-state index is 12.7. The molecule has 1 atom stereocenters. The summed E-state index contributed by atoms with van der Waals surface area (Å²) in [6, 6.07) is 20.6. The quantitative estimate of drug-likeness (QED) is 0.321. The zero-order chi connectivity index (χ0) is 24.2. The number of aromatic nitrogens is 1. The molecule has 0 bridgehead atoms. The second-order valence-corrected chi connectivity index (χ2v) is 9.03. The topological polar surface area (TPSA) is 67.1 Å². The van der Waals surface area contributed by atoms with E-state index >= 15 is 0 Å². The van der Waals surface area contributed by atoms with Gasteiger partial charge in [-0.15, -0.1) is 0 Å². The van der Waals surface area contributed by atoms with Gasteiger partial charge in [-0.1, -0.05) is 25.1 Å². The van der Waals surface area contributed by atoms with Crippen LogP contribution in [0.1, 0.15) is 43.4 Å². The average Bonchev–Trinajstić information content (AvgIpc) is 3.12. The number of nitrogens with one attached hydrogen (secondary N) is 1. The van der Waals surface area contributed by atoms with Crippen LogP contribution in [0.5, 0.6) is 5.75 Å². The molecule has 1 unspecified atom stereocenters. The van der Waals surface area contributed by atoms with E-state index in [-0.39, 0.29) is 11.8 Å². The zero-order valence-electron chi connectivity index (χ0n) is 20.3. The van der Waals surface area contributed by atoms with E-state index in [9.17, 15) is 10.1 Å². The number of fused-ring (bicyclic) bond motifs is 3. The lowest BCUT2D eigenvalue weighted by Gasteiger charge is -2.14. The van der Waals surface area contributed by atoms with Crippen molar-refractivity contribution >= 4 is 33.4 Å². The van der Waals surface area contributed by atoms with Crippen LogP contribution in [0.2, 0.25) is 0 Å². The van der Waals surface area contributed by atoms with Crippen LogP contribution in [0, 0.1) is 31.1 Å². The first-order valence-corrected chi connectivity index (χ1v) is 11.9. The molecule has 5 nitrogen and oxygen atoms in total. The number of anilines is 1. The Morgan fingerprint density at radius 2 is 1.76 bits per heavy atom. The molecule has 0 aliphatic heterocycles. The van der Waals surface area contributed by atoms with Gasteiger partial charge in [0, 0.05) is 40.5 Å². The van der Waals surface area contributed by atoms with Crippen LogP contribution < -0.4 is 10.1 Å². The van der Waals surface area contributed by atoms with Crippen molar-refractivity contribution in [3.05, 3.63) is 71.3 Å². The molecule has 1 heterocycles. The fourth-order valence-corrected chi connectivity index (χ4v) is 4.66. The molecular formula is C29H31N3O2. The normalized spacial score (nSPS) is 12.0. The average molecular weight is 454 g/mol. The van der Waals surface area contributed by atoms with Crippen molar-refractivity contribution < 1.29 is 9.53 Å². The number of benzene rings is 3. The molecule has 0 spiro atoms. The lowest BCUT2D eigenvalue weighted by atomic mass is 10.0. The van der Waals surface area contributed by atoms with Crippen molar-refractivity contribution in [3.8, 4) is 11.8 Å². The second kappa shape index (κ2) is 10.0. The molecule has 1 amide bonds. The summed E-state index contributed by atoms with van der Waals surface area (Å²) in [5.74, 6) is 0.965. The van der Waals surface area contributed by atoms with E-state index in [1.807, 2.05) is 32.0 Å². The predicted molar refractivity (Wildman–Crippen MR) is 138 cm³/mol. The highest BCUT2D eigenvalue weighted by molar-refractivity contribution is 6.09. The van der Waals surface area contributed by atoms with E-state index in [1.165, 1.54) is 16.4 Å². The summed E-state index contributed by atoms with van der Waals surface area (Å²) in [5, 5.41) is 14.6. The van der Waals surface area contributed by atoms with E-state index in [2.05, 4.69) is 66.2 Å². The minimum absolute atomic E-state index is 0.0103. The first kappa shape index (κ1) is 23.4. The molecule has 4 aromatic rings. The van der Waals surface area contributed by atoms with Crippen LogP contribution in [0.4, 0.5) is 5.69 Å². The number of carbonyl (C=O) groups excluding carboxylic acids is 1. The smallest absolute Gasteiger partial charge is 0.224 e. The molecule has 0 saturated heterocycles. The van der Waals surface area contributed by atoms with Crippen molar-refractivity contribution in [1.29, 1.82) is 5.26 Å². The van der Waals surface area contributed by atoms with Crippen molar-refractivity contribution in [2.24, 2.45) is 5.92 Å². The Hall–Kier alpha value is -3.78. The van der Waals surface area contributed by atoms with Gasteiger partial charge in [0.25, 0.3) is 0 Å². The van der Waals surface area contributed by atoms with E-state index in [0.717, 1.165) is 40.9 Å². The molecule has 4 rings (SSSR count). The molecular weight excluding hydrogens is 422 g/mol. The number of nitriles is 1. The molecule has 0 aliphatic rings. The predicted octanol–water partition coefficient (Wildman–Crippen LogP) is 6.74. The van der Waals surface area contributed by atoms with Gasteiger partial charge in [-0.2, -0.15) is 5.26 Å². The molecule has 0 saturated carbocycles. The van der Waals surface area contributed by atoms with Crippen LogP contribution in [0.25, 0.3) is 21.8 Å². The second-order valence-electron chi connectivity index (χ2n) is 9.03. The summed E-state index contributed by atoms with van der Waals surface area (Å²) in [6.07, 6.45) is 1.21. The highest BCUT2D eigenvalue weighted by atomic mass is 16.5. The summed E-state index contributed by atoms with van der Waals surface area (Å²) in [7, 11) is 0. The maximum Gasteiger partial charge on any atom is 0.224 e. The van der Waals surface area contributed by atoms with Gasteiger partial charge in [-0.05, 0) is 80.6 Å². The molecule has 1 N–H and O–H groups in total. The highest BCUT2D eigenvalue weighted by Gasteiger charge is 2.13. The third-order valence-corrected chi connectivity index (χ3v) is 6.40. The number of para-hydroxylation sites is 1. The van der Waals surface area contributed by atoms with Gasteiger partial charge in [0.2, 0.25) is 5.91 Å². The standard InChI is InChI=1S/C29H31N3O2/c1-5-32-27-9-7-6-8-24(27)25-17-22(10-11-28(25)32)31-29(33)14-19(2)12-13-34-23-15-20(3)26(18-30)21(4)16-23/h6-11,15-17,19H,5,12-14H2,1-4H3,(H,31,33). The number of aryl methyl sites for hydroxylation is 3. The highest BCUT2D eigenvalue weighted by Crippen LogP contribution is 2.31. The molecule has 3 aromatic carbocycles. The lowest BCUT2D eigenvalue weighted by molar-refractivity contribution is -0.117. The Balaban J connectivity index is 1.35. The first-order chi connectivity index (χ1) is 16.4. The minimum Gasteiger partial charge on any atom is -0.494 e. The Morgan fingerprint density at radius 1 is 1.06 bits per heavy atom. The number of carbonyl (C=O) groups is 1. The van der Waals surface area contributed by atoms with Crippen LogP contribution in [-0.2, 0) is 11.3 Å². The van der Waals surface area contributed by atoms with E-state index in [1.54, 1.807) is 0 Å². The van der Waals surface area contributed by atoms with Crippen molar-refractivity contribution in [2.75, 3.05) is 11.9 Å². The number of nitrogens with zero attached hydrogens (tertiary/aromatic N) is 2. The van der Waals surface area contributed by atoms with Gasteiger partial charge < -0.3 is 14.6 Å². The fourth-order valence-electron chi connectivity index (χ4n) is 4.66. The Kier molecular flexibility index (Phi) is 6.88. The lowest BCUT2D eigenvalue weighted by Crippen LogP contribution is -2.16. The largest absolute Gasteiger partial charge is 0.494 e. The first-order valence-electron chi connectivity index (χ1n) is 11.9. The Morgan fingerprint density at radius 3 is 2.47 bits per heavy atom. The van der Waals surface area contributed by atoms with Crippen LogP contribution in [0.3, 0.4) is 0 Å². The van der Waals surface area contributed by atoms with Gasteiger partial charge >= 0.3 is 0 Å². The number of hydrogen-bond acceptors (Lipinski definition) is 3. The van der Waals surface area contributed by atoms with Gasteiger partial charge in [0.15, 0.2) is 0 Å². The van der Waals surface area contributed by atoms with Crippen LogP contribution >= 0.6 is 0 Å². The van der Waals surface area contributed by atoms with E-state index < -0.39 is 0 Å². The van der Waals surface area contributed by atoms with E-state index in [0.29, 0.717) is 18.6 Å². The number of rotatable bonds is 8. The molecule has 1 aromatic heterocycles. The van der Waals surface area contributed by atoms with Crippen LogP contribution in [-0.4, -0.2) is 17.1 Å². The molecule has 0 fully saturated rings. The van der Waals surface area contributed by atoms with Crippen LogP contribution in [0.15, 0.2) is 54.6 Å². The van der Waals surface area contributed by atoms with Crippen molar-refractivity contribution in [1.82, 2.24) is 4.57 Å². The third kappa shape index (κ3) is 4.77. The van der Waals surface area contributed by atoms with Gasteiger partial charge in [-0.3, -0.25) is 4.79 Å². The number of amides is 1. The maximum absolute atomic E-state index is 12.7. The van der Waals surface area contributed by atoms with Crippen molar-refractivity contribution in [2.45, 2.75) is 47.1 Å². The van der Waals surface area contributed by atoms with Gasteiger partial charge in [0.05, 0.1) is 18.2 Å². The summed E-state index contributed by atoms with van der Waals surface area (Å²) in [4.78, 5) is 12.7. The molecule has 0 radical (unpaired) electrons. The fraction of sp³-hybridized carbons (Fsp3) is 0.310. The third-order valence-electron chi connectivity index (χ3n) is 6.40. The summed E-state index contributed by atoms with van der Waals surface area (Å²) in [6.45, 7) is 9.48. The molecule has 34 heavy (non-hydrogen) atoms. The monoisotopic (exact) mass is 453 g/mol. The van der Waals surface area contributed by atoms with E-state index in [4.69, 9.17) is 4.74 Å². The molecule has 174 valence electrons. The summed E-state index contributed by atoms with van der Waals surface area (Å²) < 4.78 is 8.20. The Labute approximate surface area is 201 Å². The van der Waals surface area contributed by atoms with Crippen molar-refractivity contribution in [3.63, 3.8) is 0 Å². The molecule has 0 aliphatic carbocycles. The van der Waals surface area contributed by atoms with Gasteiger partial charge in [0.1, 0.15) is 5.75 Å². The number of hydrogen-bond donors (Lipinski definition) is 1. The summed E-state index contributed by atoms with van der Waals surface area (Å²) in [5.41, 5.74) is 5.76. The zero-order valence-corrected chi connectivity index (χ0v) is 20.3. The minimum atomic E-state index is 0.0103.